The predicted octanol–water partition coefficient (Wildman–Crippen LogP) is 2.98. The maximum absolute atomic E-state index is 6.12. The Bertz CT molecular complexity index is 428. The zero-order valence-electron chi connectivity index (χ0n) is 12.8. The third-order valence-corrected chi connectivity index (χ3v) is 4.51. The van der Waals surface area contributed by atoms with E-state index in [1.807, 2.05) is 13.1 Å². The molecule has 0 bridgehead atoms. The van der Waals surface area contributed by atoms with E-state index in [0.717, 1.165) is 37.7 Å². The van der Waals surface area contributed by atoms with Gasteiger partial charge < -0.3 is 10.2 Å². The first-order valence-corrected chi connectivity index (χ1v) is 7.95. The Kier molecular flexibility index (Phi) is 5.70. The van der Waals surface area contributed by atoms with Crippen LogP contribution in [0, 0.1) is 0 Å². The molecule has 1 aliphatic rings. The van der Waals surface area contributed by atoms with Gasteiger partial charge in [0.1, 0.15) is 0 Å². The largest absolute Gasteiger partial charge is 0.369 e. The molecule has 1 atom stereocenters. The van der Waals surface area contributed by atoms with Gasteiger partial charge in [0, 0.05) is 49.5 Å². The summed E-state index contributed by atoms with van der Waals surface area (Å²) in [4.78, 5) is 5.08. The van der Waals surface area contributed by atoms with Crippen molar-refractivity contribution in [2.75, 3.05) is 38.1 Å². The van der Waals surface area contributed by atoms with Gasteiger partial charge in [-0.05, 0) is 44.2 Å². The van der Waals surface area contributed by atoms with Gasteiger partial charge in [0.15, 0.2) is 0 Å². The van der Waals surface area contributed by atoms with Crippen molar-refractivity contribution >= 4 is 17.3 Å². The molecular weight excluding hydrogens is 270 g/mol. The first kappa shape index (κ1) is 15.6. The number of hydrogen-bond acceptors (Lipinski definition) is 3. The molecule has 0 saturated carbocycles. The van der Waals surface area contributed by atoms with Crippen LogP contribution in [0.3, 0.4) is 0 Å². The number of piperazine rings is 1. The molecule has 0 amide bonds. The molecule has 0 aromatic heterocycles. The Labute approximate surface area is 127 Å². The zero-order valence-corrected chi connectivity index (χ0v) is 13.6. The van der Waals surface area contributed by atoms with E-state index in [1.165, 1.54) is 17.7 Å². The number of benzene rings is 1. The average Bonchev–Trinajstić information content (AvgIpc) is 2.47. The van der Waals surface area contributed by atoms with Gasteiger partial charge >= 0.3 is 0 Å². The highest BCUT2D eigenvalue weighted by Crippen LogP contribution is 2.26. The van der Waals surface area contributed by atoms with E-state index in [-0.39, 0.29) is 0 Å². The molecule has 1 aromatic rings. The van der Waals surface area contributed by atoms with Crippen molar-refractivity contribution in [3.8, 4) is 0 Å². The van der Waals surface area contributed by atoms with E-state index < -0.39 is 0 Å². The normalized spacial score (nSPS) is 18.3. The Hall–Kier alpha value is -0.770. The molecule has 1 fully saturated rings. The quantitative estimate of drug-likeness (QED) is 0.901. The monoisotopic (exact) mass is 295 g/mol. The second-order valence-corrected chi connectivity index (χ2v) is 6.02. The fourth-order valence-corrected chi connectivity index (χ4v) is 3.05. The van der Waals surface area contributed by atoms with Gasteiger partial charge in [0.05, 0.1) is 0 Å². The molecule has 1 saturated heterocycles. The van der Waals surface area contributed by atoms with Crippen molar-refractivity contribution in [2.45, 2.75) is 32.9 Å². The minimum absolute atomic E-state index is 0.694. The van der Waals surface area contributed by atoms with Crippen molar-refractivity contribution in [3.63, 3.8) is 0 Å². The molecule has 0 radical (unpaired) electrons. The number of nitrogens with one attached hydrogen (secondary N) is 1. The van der Waals surface area contributed by atoms with E-state index in [1.54, 1.807) is 0 Å². The van der Waals surface area contributed by atoms with Crippen LogP contribution in [-0.4, -0.2) is 44.2 Å². The van der Waals surface area contributed by atoms with Crippen molar-refractivity contribution in [3.05, 3.63) is 28.8 Å². The van der Waals surface area contributed by atoms with E-state index in [0.29, 0.717) is 6.04 Å². The van der Waals surface area contributed by atoms with Crippen molar-refractivity contribution in [2.24, 2.45) is 0 Å². The average molecular weight is 296 g/mol. The number of halogens is 1. The Balaban J connectivity index is 2.06. The van der Waals surface area contributed by atoms with E-state index in [4.69, 9.17) is 11.6 Å². The summed E-state index contributed by atoms with van der Waals surface area (Å²) in [5.41, 5.74) is 2.62. The first-order chi connectivity index (χ1) is 9.65. The summed E-state index contributed by atoms with van der Waals surface area (Å²) in [7, 11) is 1.98. The molecule has 1 heterocycles. The molecule has 20 heavy (non-hydrogen) atoms. The lowest BCUT2D eigenvalue weighted by molar-refractivity contribution is 0.192. The molecule has 1 unspecified atom stereocenters. The van der Waals surface area contributed by atoms with Crippen LogP contribution < -0.4 is 10.2 Å². The maximum Gasteiger partial charge on any atom is 0.0413 e. The summed E-state index contributed by atoms with van der Waals surface area (Å²) >= 11 is 6.12. The highest BCUT2D eigenvalue weighted by Gasteiger charge is 2.21. The van der Waals surface area contributed by atoms with E-state index >= 15 is 0 Å². The molecule has 1 aromatic carbocycles. The molecule has 0 aliphatic carbocycles. The van der Waals surface area contributed by atoms with Crippen molar-refractivity contribution in [1.82, 2.24) is 10.2 Å². The highest BCUT2D eigenvalue weighted by molar-refractivity contribution is 6.30. The second-order valence-electron chi connectivity index (χ2n) is 5.58. The number of anilines is 1. The zero-order chi connectivity index (χ0) is 14.5. The highest BCUT2D eigenvalue weighted by atomic mass is 35.5. The van der Waals surface area contributed by atoms with Crippen molar-refractivity contribution in [1.29, 1.82) is 0 Å². The van der Waals surface area contributed by atoms with Crippen LogP contribution in [0.2, 0.25) is 5.02 Å². The minimum atomic E-state index is 0.694. The fraction of sp³-hybridized carbons (Fsp3) is 0.625. The maximum atomic E-state index is 6.12. The molecule has 1 N–H and O–H groups in total. The minimum Gasteiger partial charge on any atom is -0.369 e. The van der Waals surface area contributed by atoms with Crippen molar-refractivity contribution < 1.29 is 0 Å². The lowest BCUT2D eigenvalue weighted by Gasteiger charge is -2.39. The lowest BCUT2D eigenvalue weighted by Crippen LogP contribution is -2.49. The number of nitrogens with zero attached hydrogens (tertiary/aromatic N) is 2. The Morgan fingerprint density at radius 1 is 1.25 bits per heavy atom. The molecule has 0 spiro atoms. The van der Waals surface area contributed by atoms with Crippen LogP contribution in [0.25, 0.3) is 0 Å². The third kappa shape index (κ3) is 3.66. The van der Waals surface area contributed by atoms with Gasteiger partial charge in [0.2, 0.25) is 0 Å². The van der Waals surface area contributed by atoms with Gasteiger partial charge in [-0.1, -0.05) is 18.5 Å². The fourth-order valence-electron chi connectivity index (χ4n) is 2.86. The number of hydrogen-bond donors (Lipinski definition) is 1. The smallest absolute Gasteiger partial charge is 0.0413 e. The Morgan fingerprint density at radius 3 is 2.55 bits per heavy atom. The summed E-state index contributed by atoms with van der Waals surface area (Å²) in [5, 5.41) is 4.05. The second kappa shape index (κ2) is 7.30. The molecule has 4 heteroatoms. The standard InChI is InChI=1S/C16H26ClN3/c1-4-13(2)19-7-9-20(10-8-19)16-6-5-15(17)11-14(16)12-18-3/h5-6,11,13,18H,4,7-10,12H2,1-3H3. The summed E-state index contributed by atoms with van der Waals surface area (Å²) < 4.78 is 0. The van der Waals surface area contributed by atoms with Crippen LogP contribution in [0.15, 0.2) is 18.2 Å². The lowest BCUT2D eigenvalue weighted by atomic mass is 10.1. The molecule has 2 rings (SSSR count). The SMILES string of the molecule is CCC(C)N1CCN(c2ccc(Cl)cc2CNC)CC1. The van der Waals surface area contributed by atoms with Gasteiger partial charge in [-0.3, -0.25) is 4.90 Å². The molecule has 112 valence electrons. The van der Waals surface area contributed by atoms with Crippen LogP contribution in [0.5, 0.6) is 0 Å². The summed E-state index contributed by atoms with van der Waals surface area (Å²) in [5.74, 6) is 0. The first-order valence-electron chi connectivity index (χ1n) is 7.57. The molecule has 3 nitrogen and oxygen atoms in total. The van der Waals surface area contributed by atoms with Gasteiger partial charge in [-0.2, -0.15) is 0 Å². The molecular formula is C16H26ClN3. The van der Waals surface area contributed by atoms with Crippen LogP contribution >= 0.6 is 11.6 Å². The van der Waals surface area contributed by atoms with Crippen LogP contribution in [-0.2, 0) is 6.54 Å². The predicted molar refractivity (Wildman–Crippen MR) is 87.8 cm³/mol. The topological polar surface area (TPSA) is 18.5 Å². The summed E-state index contributed by atoms with van der Waals surface area (Å²) in [6.45, 7) is 9.95. The molecule has 1 aliphatic heterocycles. The van der Waals surface area contributed by atoms with Gasteiger partial charge in [-0.15, -0.1) is 0 Å². The summed E-state index contributed by atoms with van der Waals surface area (Å²) in [6.07, 6.45) is 1.23. The van der Waals surface area contributed by atoms with E-state index in [2.05, 4.69) is 41.1 Å². The summed E-state index contributed by atoms with van der Waals surface area (Å²) in [6, 6.07) is 6.93. The van der Waals surface area contributed by atoms with Gasteiger partial charge in [0.25, 0.3) is 0 Å². The Morgan fingerprint density at radius 2 is 1.95 bits per heavy atom. The number of rotatable bonds is 5. The van der Waals surface area contributed by atoms with E-state index in [9.17, 15) is 0 Å². The van der Waals surface area contributed by atoms with Crippen LogP contribution in [0.4, 0.5) is 5.69 Å². The third-order valence-electron chi connectivity index (χ3n) is 4.28. The van der Waals surface area contributed by atoms with Gasteiger partial charge in [-0.25, -0.2) is 0 Å². The van der Waals surface area contributed by atoms with Crippen LogP contribution in [0.1, 0.15) is 25.8 Å².